The van der Waals surface area contributed by atoms with Crippen LogP contribution in [0.25, 0.3) is 0 Å². The van der Waals surface area contributed by atoms with Crippen LogP contribution in [0.15, 0.2) is 53.4 Å². The van der Waals surface area contributed by atoms with Gasteiger partial charge >= 0.3 is 0 Å². The highest BCUT2D eigenvalue weighted by Crippen LogP contribution is 2.28. The molecule has 2 aliphatic rings. The Morgan fingerprint density at radius 2 is 1.70 bits per heavy atom. The number of nitrogens with zero attached hydrogens (tertiary/aromatic N) is 4. The SMILES string of the molecule is Cc1ccc(S(=O)(=O)N2CCC[C@H]2C(=O)N2CCCN(Cc3ccc(C#N)cc3)CC2)cc1. The quantitative estimate of drug-likeness (QED) is 0.677. The van der Waals surface area contributed by atoms with Gasteiger partial charge in [-0.05, 0) is 56.0 Å². The molecule has 1 amide bonds. The van der Waals surface area contributed by atoms with Crippen molar-refractivity contribution in [2.75, 3.05) is 32.7 Å². The molecule has 2 saturated heterocycles. The Labute approximate surface area is 196 Å². The number of carbonyl (C=O) groups is 1. The van der Waals surface area contributed by atoms with Crippen molar-refractivity contribution in [2.45, 2.75) is 43.7 Å². The van der Waals surface area contributed by atoms with E-state index in [4.69, 9.17) is 5.26 Å². The zero-order valence-corrected chi connectivity index (χ0v) is 19.8. The fraction of sp³-hybridized carbons (Fsp3) is 0.440. The van der Waals surface area contributed by atoms with Gasteiger partial charge in [-0.25, -0.2) is 8.42 Å². The molecule has 0 unspecified atom stereocenters. The summed E-state index contributed by atoms with van der Waals surface area (Å²) in [5.41, 5.74) is 2.78. The van der Waals surface area contributed by atoms with Gasteiger partial charge < -0.3 is 4.90 Å². The molecule has 0 aliphatic carbocycles. The Bertz CT molecular complexity index is 1120. The molecule has 174 valence electrons. The molecule has 2 fully saturated rings. The maximum absolute atomic E-state index is 13.4. The van der Waals surface area contributed by atoms with Gasteiger partial charge in [-0.3, -0.25) is 9.69 Å². The summed E-state index contributed by atoms with van der Waals surface area (Å²) < 4.78 is 27.9. The Balaban J connectivity index is 1.41. The highest BCUT2D eigenvalue weighted by Gasteiger charge is 2.41. The molecular weight excluding hydrogens is 436 g/mol. The van der Waals surface area contributed by atoms with Crippen molar-refractivity contribution in [1.29, 1.82) is 5.26 Å². The molecule has 0 radical (unpaired) electrons. The lowest BCUT2D eigenvalue weighted by molar-refractivity contribution is -0.134. The smallest absolute Gasteiger partial charge is 0.243 e. The van der Waals surface area contributed by atoms with E-state index >= 15 is 0 Å². The minimum atomic E-state index is -3.70. The third kappa shape index (κ3) is 5.27. The fourth-order valence-corrected chi connectivity index (χ4v) is 6.27. The van der Waals surface area contributed by atoms with Crippen molar-refractivity contribution < 1.29 is 13.2 Å². The first-order chi connectivity index (χ1) is 15.9. The zero-order chi connectivity index (χ0) is 23.4. The average molecular weight is 467 g/mol. The fourth-order valence-electron chi connectivity index (χ4n) is 4.62. The molecule has 0 bridgehead atoms. The summed E-state index contributed by atoms with van der Waals surface area (Å²) in [6.45, 7) is 5.91. The number of hydrogen-bond acceptors (Lipinski definition) is 5. The minimum absolute atomic E-state index is 0.0802. The first-order valence-corrected chi connectivity index (χ1v) is 12.9. The largest absolute Gasteiger partial charge is 0.340 e. The molecule has 8 heteroatoms. The number of aryl methyl sites for hydroxylation is 1. The van der Waals surface area contributed by atoms with E-state index in [1.807, 2.05) is 36.1 Å². The number of rotatable bonds is 5. The van der Waals surface area contributed by atoms with Crippen LogP contribution < -0.4 is 0 Å². The van der Waals surface area contributed by atoms with E-state index in [2.05, 4.69) is 11.0 Å². The average Bonchev–Trinajstić information content (AvgIpc) is 3.21. The third-order valence-electron chi connectivity index (χ3n) is 6.51. The van der Waals surface area contributed by atoms with E-state index < -0.39 is 16.1 Å². The second-order valence-corrected chi connectivity index (χ2v) is 10.7. The van der Waals surface area contributed by atoms with Gasteiger partial charge in [0.1, 0.15) is 6.04 Å². The predicted octanol–water partition coefficient (Wildman–Crippen LogP) is 2.75. The van der Waals surface area contributed by atoms with Crippen molar-refractivity contribution in [3.8, 4) is 6.07 Å². The molecule has 0 spiro atoms. The molecule has 0 saturated carbocycles. The highest BCUT2D eigenvalue weighted by atomic mass is 32.2. The zero-order valence-electron chi connectivity index (χ0n) is 19.0. The summed E-state index contributed by atoms with van der Waals surface area (Å²) in [7, 11) is -3.70. The summed E-state index contributed by atoms with van der Waals surface area (Å²) in [5.74, 6) is -0.0802. The van der Waals surface area contributed by atoms with Crippen LogP contribution in [-0.2, 0) is 21.4 Å². The lowest BCUT2D eigenvalue weighted by Crippen LogP contribution is -2.48. The van der Waals surface area contributed by atoms with Gasteiger partial charge in [0.2, 0.25) is 15.9 Å². The van der Waals surface area contributed by atoms with Crippen LogP contribution in [0.5, 0.6) is 0 Å². The molecule has 2 aromatic carbocycles. The summed E-state index contributed by atoms with van der Waals surface area (Å²) in [6, 6.07) is 15.9. The van der Waals surface area contributed by atoms with Gasteiger partial charge in [0.25, 0.3) is 0 Å². The number of sulfonamides is 1. The Kier molecular flexibility index (Phi) is 7.13. The molecule has 2 aliphatic heterocycles. The van der Waals surface area contributed by atoms with Crippen molar-refractivity contribution in [1.82, 2.24) is 14.1 Å². The lowest BCUT2D eigenvalue weighted by atomic mass is 10.1. The first-order valence-electron chi connectivity index (χ1n) is 11.5. The van der Waals surface area contributed by atoms with Crippen LogP contribution in [0.2, 0.25) is 0 Å². The van der Waals surface area contributed by atoms with Gasteiger partial charge in [0, 0.05) is 39.3 Å². The second kappa shape index (κ2) is 10.0. The van der Waals surface area contributed by atoms with Crippen molar-refractivity contribution in [3.05, 3.63) is 65.2 Å². The number of benzene rings is 2. The van der Waals surface area contributed by atoms with E-state index in [0.29, 0.717) is 38.0 Å². The van der Waals surface area contributed by atoms with Crippen LogP contribution >= 0.6 is 0 Å². The van der Waals surface area contributed by atoms with E-state index in [-0.39, 0.29) is 10.8 Å². The summed E-state index contributed by atoms with van der Waals surface area (Å²) in [6.07, 6.45) is 2.11. The number of hydrogen-bond donors (Lipinski definition) is 0. The molecule has 0 N–H and O–H groups in total. The van der Waals surface area contributed by atoms with Crippen LogP contribution in [0.3, 0.4) is 0 Å². The van der Waals surface area contributed by atoms with Crippen LogP contribution in [-0.4, -0.2) is 67.2 Å². The van der Waals surface area contributed by atoms with Crippen LogP contribution in [0.1, 0.15) is 36.0 Å². The monoisotopic (exact) mass is 466 g/mol. The molecular formula is C25H30N4O3S. The van der Waals surface area contributed by atoms with Crippen molar-refractivity contribution >= 4 is 15.9 Å². The number of nitriles is 1. The minimum Gasteiger partial charge on any atom is -0.340 e. The summed E-state index contributed by atoms with van der Waals surface area (Å²) >= 11 is 0. The van der Waals surface area contributed by atoms with E-state index in [0.717, 1.165) is 37.2 Å². The molecule has 2 heterocycles. The normalized spacial score (nSPS) is 20.4. The van der Waals surface area contributed by atoms with E-state index in [9.17, 15) is 13.2 Å². The molecule has 7 nitrogen and oxygen atoms in total. The van der Waals surface area contributed by atoms with Crippen molar-refractivity contribution in [3.63, 3.8) is 0 Å². The third-order valence-corrected chi connectivity index (χ3v) is 8.43. The van der Waals surface area contributed by atoms with Gasteiger partial charge in [-0.1, -0.05) is 29.8 Å². The molecule has 2 aromatic rings. The topological polar surface area (TPSA) is 84.7 Å². The maximum atomic E-state index is 13.4. The summed E-state index contributed by atoms with van der Waals surface area (Å²) in [4.78, 5) is 17.8. The standard InChI is InChI=1S/C25H30N4O3S/c1-20-5-11-23(12-6-20)33(31,32)29-15-2-4-24(29)25(30)28-14-3-13-27(16-17-28)19-22-9-7-21(18-26)8-10-22/h5-12,24H,2-4,13-17,19H2,1H3/t24-/m0/s1. The number of amides is 1. The highest BCUT2D eigenvalue weighted by molar-refractivity contribution is 7.89. The first kappa shape index (κ1) is 23.4. The number of carbonyl (C=O) groups excluding carboxylic acids is 1. The lowest BCUT2D eigenvalue weighted by Gasteiger charge is -2.29. The van der Waals surface area contributed by atoms with Gasteiger partial charge in [0.05, 0.1) is 16.5 Å². The second-order valence-electron chi connectivity index (χ2n) is 8.85. The van der Waals surface area contributed by atoms with Gasteiger partial charge in [-0.2, -0.15) is 9.57 Å². The summed E-state index contributed by atoms with van der Waals surface area (Å²) in [5, 5.41) is 8.96. The molecule has 4 rings (SSSR count). The van der Waals surface area contributed by atoms with Gasteiger partial charge in [0.15, 0.2) is 0 Å². The van der Waals surface area contributed by atoms with Crippen LogP contribution in [0, 0.1) is 18.3 Å². The van der Waals surface area contributed by atoms with E-state index in [1.54, 1.807) is 24.3 Å². The molecule has 1 atom stereocenters. The Morgan fingerprint density at radius 1 is 0.970 bits per heavy atom. The van der Waals surface area contributed by atoms with E-state index in [1.165, 1.54) is 4.31 Å². The Morgan fingerprint density at radius 3 is 2.39 bits per heavy atom. The van der Waals surface area contributed by atoms with Crippen LogP contribution in [0.4, 0.5) is 0 Å². The van der Waals surface area contributed by atoms with Crippen molar-refractivity contribution in [2.24, 2.45) is 0 Å². The molecule has 0 aromatic heterocycles. The molecule has 33 heavy (non-hydrogen) atoms. The maximum Gasteiger partial charge on any atom is 0.243 e. The van der Waals surface area contributed by atoms with Gasteiger partial charge in [-0.15, -0.1) is 0 Å². The predicted molar refractivity (Wildman–Crippen MR) is 126 cm³/mol. The Hall–Kier alpha value is -2.73.